The number of likely N-dealkylation sites (N-methyl/N-ethyl adjacent to an activating group) is 1. The quantitative estimate of drug-likeness (QED) is 0.566. The Morgan fingerprint density at radius 3 is 2.72 bits per heavy atom. The fourth-order valence-corrected chi connectivity index (χ4v) is 3.68. The van der Waals surface area contributed by atoms with Crippen LogP contribution in [0.3, 0.4) is 0 Å². The summed E-state index contributed by atoms with van der Waals surface area (Å²) in [5.74, 6) is 0.00459. The SMILES string of the molecule is CCN(CC(=O)O)C1CC(NC(=O)NCc2nccn2CCc2ccccc2)C1. The lowest BCUT2D eigenvalue weighted by Gasteiger charge is -2.42. The molecule has 0 aliphatic heterocycles. The van der Waals surface area contributed by atoms with Gasteiger partial charge in [0.1, 0.15) is 5.82 Å². The van der Waals surface area contributed by atoms with E-state index in [1.54, 1.807) is 6.20 Å². The van der Waals surface area contributed by atoms with Crippen molar-refractivity contribution in [2.24, 2.45) is 0 Å². The molecule has 0 spiro atoms. The fourth-order valence-electron chi connectivity index (χ4n) is 3.68. The van der Waals surface area contributed by atoms with E-state index in [0.29, 0.717) is 13.1 Å². The fraction of sp³-hybridized carbons (Fsp3) is 0.476. The number of aromatic nitrogens is 2. The molecule has 1 fully saturated rings. The summed E-state index contributed by atoms with van der Waals surface area (Å²) >= 11 is 0. The van der Waals surface area contributed by atoms with Gasteiger partial charge in [-0.05, 0) is 31.4 Å². The number of imidazole rings is 1. The summed E-state index contributed by atoms with van der Waals surface area (Å²) in [4.78, 5) is 29.4. The molecule has 1 aliphatic rings. The normalized spacial score (nSPS) is 18.3. The van der Waals surface area contributed by atoms with Crippen LogP contribution >= 0.6 is 0 Å². The van der Waals surface area contributed by atoms with Gasteiger partial charge in [0.15, 0.2) is 0 Å². The van der Waals surface area contributed by atoms with Gasteiger partial charge in [-0.15, -0.1) is 0 Å². The first kappa shape index (κ1) is 20.9. The number of carbonyl (C=O) groups is 2. The van der Waals surface area contributed by atoms with Crippen molar-refractivity contribution in [1.29, 1.82) is 0 Å². The van der Waals surface area contributed by atoms with E-state index in [1.165, 1.54) is 5.56 Å². The molecule has 0 atom stereocenters. The van der Waals surface area contributed by atoms with E-state index in [-0.39, 0.29) is 24.7 Å². The summed E-state index contributed by atoms with van der Waals surface area (Å²) < 4.78 is 2.05. The molecule has 1 heterocycles. The highest BCUT2D eigenvalue weighted by molar-refractivity contribution is 5.74. The molecule has 0 radical (unpaired) electrons. The minimum atomic E-state index is -0.816. The molecule has 0 unspecified atom stereocenters. The monoisotopic (exact) mass is 399 g/mol. The van der Waals surface area contributed by atoms with Gasteiger partial charge in [0, 0.05) is 31.0 Å². The average molecular weight is 399 g/mol. The molecule has 156 valence electrons. The number of benzene rings is 1. The standard InChI is InChI=1S/C21H29N5O3/c1-2-25(15-20(27)28)18-12-17(13-18)24-21(29)23-14-19-22-9-11-26(19)10-8-16-6-4-3-5-7-16/h3-7,9,11,17-18H,2,8,10,12-15H2,1H3,(H,27,28)(H2,23,24,29). The van der Waals surface area contributed by atoms with Crippen molar-refractivity contribution in [2.45, 2.75) is 51.4 Å². The summed E-state index contributed by atoms with van der Waals surface area (Å²) in [5.41, 5.74) is 1.27. The summed E-state index contributed by atoms with van der Waals surface area (Å²) in [6.07, 6.45) is 6.14. The summed E-state index contributed by atoms with van der Waals surface area (Å²) in [6.45, 7) is 3.87. The number of carbonyl (C=O) groups excluding carboxylic acids is 1. The maximum Gasteiger partial charge on any atom is 0.317 e. The molecule has 1 aromatic heterocycles. The van der Waals surface area contributed by atoms with Crippen LogP contribution in [0, 0.1) is 0 Å². The predicted molar refractivity (Wildman–Crippen MR) is 109 cm³/mol. The third-order valence-corrected chi connectivity index (χ3v) is 5.40. The van der Waals surface area contributed by atoms with E-state index in [4.69, 9.17) is 5.11 Å². The molecule has 0 bridgehead atoms. The average Bonchev–Trinajstić information content (AvgIpc) is 3.13. The van der Waals surface area contributed by atoms with Gasteiger partial charge in [0.05, 0.1) is 13.1 Å². The Balaban J connectivity index is 1.38. The van der Waals surface area contributed by atoms with Gasteiger partial charge in [0.2, 0.25) is 0 Å². The van der Waals surface area contributed by atoms with Gasteiger partial charge in [-0.1, -0.05) is 37.3 Å². The Bertz CT molecular complexity index is 802. The van der Waals surface area contributed by atoms with Crippen LogP contribution in [0.5, 0.6) is 0 Å². The number of urea groups is 1. The molecule has 2 aromatic rings. The van der Waals surface area contributed by atoms with Crippen LogP contribution in [0.4, 0.5) is 4.79 Å². The van der Waals surface area contributed by atoms with E-state index >= 15 is 0 Å². The molecule has 8 nitrogen and oxygen atoms in total. The van der Waals surface area contributed by atoms with Crippen LogP contribution in [0.15, 0.2) is 42.7 Å². The van der Waals surface area contributed by atoms with Crippen LogP contribution < -0.4 is 10.6 Å². The number of carboxylic acids is 1. The van der Waals surface area contributed by atoms with Crippen molar-refractivity contribution in [3.05, 3.63) is 54.1 Å². The number of hydrogen-bond donors (Lipinski definition) is 3. The molecule has 1 aromatic carbocycles. The second-order valence-electron chi connectivity index (χ2n) is 7.38. The number of aryl methyl sites for hydroxylation is 2. The highest BCUT2D eigenvalue weighted by Gasteiger charge is 2.34. The first-order valence-electron chi connectivity index (χ1n) is 10.1. The Morgan fingerprint density at radius 2 is 2.03 bits per heavy atom. The zero-order valence-electron chi connectivity index (χ0n) is 16.8. The van der Waals surface area contributed by atoms with Gasteiger partial charge in [-0.2, -0.15) is 0 Å². The Morgan fingerprint density at radius 1 is 1.28 bits per heavy atom. The van der Waals surface area contributed by atoms with Crippen LogP contribution in [0.25, 0.3) is 0 Å². The van der Waals surface area contributed by atoms with E-state index in [9.17, 15) is 9.59 Å². The summed E-state index contributed by atoms with van der Waals surface area (Å²) in [6, 6.07) is 10.4. The van der Waals surface area contributed by atoms with E-state index in [1.807, 2.05) is 36.2 Å². The highest BCUT2D eigenvalue weighted by Crippen LogP contribution is 2.25. The van der Waals surface area contributed by atoms with E-state index in [0.717, 1.165) is 31.6 Å². The lowest BCUT2D eigenvalue weighted by Crippen LogP contribution is -2.56. The number of amides is 2. The number of hydrogen-bond acceptors (Lipinski definition) is 4. The van der Waals surface area contributed by atoms with Crippen molar-refractivity contribution in [2.75, 3.05) is 13.1 Å². The molecule has 3 rings (SSSR count). The van der Waals surface area contributed by atoms with Crippen LogP contribution in [0.2, 0.25) is 0 Å². The molecule has 1 saturated carbocycles. The van der Waals surface area contributed by atoms with Crippen LogP contribution in [0.1, 0.15) is 31.2 Å². The Kier molecular flexibility index (Phi) is 7.24. The largest absolute Gasteiger partial charge is 0.480 e. The second-order valence-corrected chi connectivity index (χ2v) is 7.38. The molecule has 8 heteroatoms. The van der Waals surface area contributed by atoms with Gasteiger partial charge in [-0.25, -0.2) is 9.78 Å². The third kappa shape index (κ3) is 6.05. The van der Waals surface area contributed by atoms with Crippen molar-refractivity contribution in [3.63, 3.8) is 0 Å². The first-order valence-corrected chi connectivity index (χ1v) is 10.1. The first-order chi connectivity index (χ1) is 14.0. The molecule has 29 heavy (non-hydrogen) atoms. The molecule has 2 amide bonds. The van der Waals surface area contributed by atoms with Crippen LogP contribution in [-0.2, 0) is 24.3 Å². The number of nitrogens with one attached hydrogen (secondary N) is 2. The lowest BCUT2D eigenvalue weighted by atomic mass is 9.85. The van der Waals surface area contributed by atoms with Gasteiger partial charge in [0.25, 0.3) is 0 Å². The van der Waals surface area contributed by atoms with Crippen molar-refractivity contribution in [1.82, 2.24) is 25.1 Å². The Hall–Kier alpha value is -2.87. The van der Waals surface area contributed by atoms with Crippen molar-refractivity contribution >= 4 is 12.0 Å². The van der Waals surface area contributed by atoms with Crippen molar-refractivity contribution < 1.29 is 14.7 Å². The topological polar surface area (TPSA) is 99.5 Å². The number of aliphatic carboxylic acids is 1. The number of carboxylic acid groups (broad SMARTS) is 1. The maximum absolute atomic E-state index is 12.2. The van der Waals surface area contributed by atoms with Gasteiger partial charge in [-0.3, -0.25) is 9.69 Å². The molecule has 3 N–H and O–H groups in total. The van der Waals surface area contributed by atoms with Gasteiger partial charge < -0.3 is 20.3 Å². The third-order valence-electron chi connectivity index (χ3n) is 5.40. The molecular formula is C21H29N5O3. The minimum Gasteiger partial charge on any atom is -0.480 e. The van der Waals surface area contributed by atoms with Gasteiger partial charge >= 0.3 is 12.0 Å². The number of rotatable bonds is 10. The Labute approximate surface area is 170 Å². The minimum absolute atomic E-state index is 0.0473. The zero-order valence-corrected chi connectivity index (χ0v) is 16.8. The smallest absolute Gasteiger partial charge is 0.317 e. The summed E-state index contributed by atoms with van der Waals surface area (Å²) in [5, 5.41) is 14.8. The van der Waals surface area contributed by atoms with Crippen molar-refractivity contribution in [3.8, 4) is 0 Å². The van der Waals surface area contributed by atoms with E-state index < -0.39 is 5.97 Å². The molecule has 1 aliphatic carbocycles. The zero-order chi connectivity index (χ0) is 20.6. The predicted octanol–water partition coefficient (Wildman–Crippen LogP) is 1.86. The number of nitrogens with zero attached hydrogens (tertiary/aromatic N) is 3. The summed E-state index contributed by atoms with van der Waals surface area (Å²) in [7, 11) is 0. The molecular weight excluding hydrogens is 370 g/mol. The maximum atomic E-state index is 12.2. The lowest BCUT2D eigenvalue weighted by molar-refractivity contribution is -0.139. The van der Waals surface area contributed by atoms with Crippen LogP contribution in [-0.4, -0.2) is 56.7 Å². The highest BCUT2D eigenvalue weighted by atomic mass is 16.4. The molecule has 0 saturated heterocycles. The second kappa shape index (κ2) is 10.1. The van der Waals surface area contributed by atoms with E-state index in [2.05, 4.69) is 32.3 Å².